The van der Waals surface area contributed by atoms with Gasteiger partial charge in [-0.3, -0.25) is 4.79 Å². The number of rotatable bonds is 4. The smallest absolute Gasteiger partial charge is 0.276 e. The number of nitrogen functional groups attached to an aromatic ring is 1. The first kappa shape index (κ1) is 14.5. The van der Waals surface area contributed by atoms with Crippen LogP contribution in [0.5, 0.6) is 0 Å². The normalized spacial score (nSPS) is 18.4. The van der Waals surface area contributed by atoms with E-state index in [0.717, 1.165) is 18.4 Å². The molecule has 1 aliphatic rings. The van der Waals surface area contributed by atoms with E-state index in [1.54, 1.807) is 17.2 Å². The van der Waals surface area contributed by atoms with Gasteiger partial charge in [0, 0.05) is 25.4 Å². The molecule has 1 atom stereocenters. The number of carbonyl (C=O) groups is 1. The molecule has 1 fully saturated rings. The monoisotopic (exact) mass is 302 g/mol. The number of nitrogens with two attached hydrogens (primary N) is 1. The number of hydrogen-bond acceptors (Lipinski definition) is 6. The number of hydrogen-bond donors (Lipinski definition) is 1. The lowest BCUT2D eigenvalue weighted by atomic mass is 10.1. The van der Waals surface area contributed by atoms with E-state index in [1.165, 1.54) is 6.26 Å². The number of carbonyl (C=O) groups excluding carboxylic acids is 1. The Morgan fingerprint density at radius 1 is 1.45 bits per heavy atom. The van der Waals surface area contributed by atoms with Crippen LogP contribution >= 0.6 is 0 Å². The maximum atomic E-state index is 12.2. The molecule has 7 nitrogen and oxygen atoms in total. The third-order valence-electron chi connectivity index (χ3n) is 3.68. The fourth-order valence-electron chi connectivity index (χ4n) is 2.54. The molecule has 22 heavy (non-hydrogen) atoms. The van der Waals surface area contributed by atoms with Gasteiger partial charge in [0.05, 0.1) is 12.7 Å². The summed E-state index contributed by atoms with van der Waals surface area (Å²) in [5.41, 5.74) is 7.13. The Bertz CT molecular complexity index is 629. The fourth-order valence-corrected chi connectivity index (χ4v) is 2.54. The summed E-state index contributed by atoms with van der Waals surface area (Å²) in [7, 11) is 0. The number of ether oxygens (including phenoxy) is 1. The molecule has 1 amide bonds. The molecule has 0 unspecified atom stereocenters. The van der Waals surface area contributed by atoms with Crippen LogP contribution in [0.15, 0.2) is 35.2 Å². The van der Waals surface area contributed by atoms with Crippen molar-refractivity contribution in [2.75, 3.05) is 25.4 Å². The van der Waals surface area contributed by atoms with Gasteiger partial charge in [0.15, 0.2) is 5.69 Å². The van der Waals surface area contributed by atoms with Gasteiger partial charge in [-0.1, -0.05) is 5.16 Å². The Labute approximate surface area is 128 Å². The van der Waals surface area contributed by atoms with Gasteiger partial charge in [-0.25, -0.2) is 4.98 Å². The van der Waals surface area contributed by atoms with Crippen LogP contribution in [-0.4, -0.2) is 46.7 Å². The average molecular weight is 302 g/mol. The average Bonchev–Trinajstić information content (AvgIpc) is 3.07. The van der Waals surface area contributed by atoms with Gasteiger partial charge in [-0.05, 0) is 30.5 Å². The molecule has 0 radical (unpaired) electrons. The first-order chi connectivity index (χ1) is 10.7. The van der Waals surface area contributed by atoms with Gasteiger partial charge in [-0.2, -0.15) is 0 Å². The van der Waals surface area contributed by atoms with Crippen molar-refractivity contribution in [2.24, 2.45) is 0 Å². The van der Waals surface area contributed by atoms with Gasteiger partial charge < -0.3 is 19.9 Å². The van der Waals surface area contributed by atoms with Crippen molar-refractivity contribution in [1.29, 1.82) is 0 Å². The van der Waals surface area contributed by atoms with Crippen molar-refractivity contribution in [1.82, 2.24) is 15.0 Å². The molecule has 7 heteroatoms. The summed E-state index contributed by atoms with van der Waals surface area (Å²) in [6.45, 7) is 1.67. The highest BCUT2D eigenvalue weighted by Gasteiger charge is 2.26. The molecule has 0 saturated carbocycles. The number of anilines is 1. The molecule has 2 aromatic rings. The number of amides is 1. The molecular weight excluding hydrogens is 284 g/mol. The van der Waals surface area contributed by atoms with E-state index < -0.39 is 0 Å². The summed E-state index contributed by atoms with van der Waals surface area (Å²) in [6, 6.07) is 5.38. The largest absolute Gasteiger partial charge is 0.384 e. The summed E-state index contributed by atoms with van der Waals surface area (Å²) in [4.78, 5) is 18.0. The van der Waals surface area contributed by atoms with Crippen LogP contribution < -0.4 is 5.73 Å². The lowest BCUT2D eigenvalue weighted by molar-refractivity contribution is -0.0248. The Kier molecular flexibility index (Phi) is 4.34. The van der Waals surface area contributed by atoms with Crippen LogP contribution in [0.3, 0.4) is 0 Å². The maximum Gasteiger partial charge on any atom is 0.276 e. The number of aromatic nitrogens is 2. The minimum absolute atomic E-state index is 0.0130. The van der Waals surface area contributed by atoms with Crippen LogP contribution in [0, 0.1) is 0 Å². The molecule has 2 aromatic heterocycles. The minimum atomic E-state index is -0.116. The maximum absolute atomic E-state index is 12.2. The van der Waals surface area contributed by atoms with Crippen molar-refractivity contribution in [3.8, 4) is 0 Å². The molecule has 1 aliphatic heterocycles. The number of pyridine rings is 1. The van der Waals surface area contributed by atoms with Gasteiger partial charge in [0.2, 0.25) is 0 Å². The highest BCUT2D eigenvalue weighted by molar-refractivity contribution is 5.92. The molecule has 1 saturated heterocycles. The van der Waals surface area contributed by atoms with Crippen molar-refractivity contribution in [3.05, 3.63) is 41.9 Å². The molecule has 3 heterocycles. The predicted octanol–water partition coefficient (Wildman–Crippen LogP) is 1.13. The third-order valence-corrected chi connectivity index (χ3v) is 3.68. The van der Waals surface area contributed by atoms with Crippen molar-refractivity contribution in [2.45, 2.75) is 18.9 Å². The predicted molar refractivity (Wildman–Crippen MR) is 79.1 cm³/mol. The lowest BCUT2D eigenvalue weighted by Crippen LogP contribution is -2.45. The zero-order valence-corrected chi connectivity index (χ0v) is 12.1. The number of aryl methyl sites for hydroxylation is 1. The highest BCUT2D eigenvalue weighted by atomic mass is 16.5. The van der Waals surface area contributed by atoms with Crippen molar-refractivity contribution in [3.63, 3.8) is 0 Å². The third kappa shape index (κ3) is 3.43. The fraction of sp³-hybridized carbons (Fsp3) is 0.400. The topological polar surface area (TPSA) is 94.5 Å². The first-order valence-corrected chi connectivity index (χ1v) is 7.24. The van der Waals surface area contributed by atoms with Crippen LogP contribution in [0.1, 0.15) is 22.5 Å². The molecule has 0 bridgehead atoms. The second-order valence-corrected chi connectivity index (χ2v) is 5.26. The zero-order valence-electron chi connectivity index (χ0n) is 12.1. The van der Waals surface area contributed by atoms with Crippen LogP contribution in [0.4, 0.5) is 5.82 Å². The van der Waals surface area contributed by atoms with Gasteiger partial charge in [0.1, 0.15) is 12.1 Å². The number of nitrogens with zero attached hydrogens (tertiary/aromatic N) is 3. The summed E-state index contributed by atoms with van der Waals surface area (Å²) < 4.78 is 10.5. The standard InChI is InChI=1S/C15H18N4O3/c16-14-9-11(3-5-17-14)1-2-12-10-19(6-8-21-12)15(20)13-4-7-22-18-13/h3-5,7,9,12H,1-2,6,8,10H2,(H2,16,17)/t12-/m0/s1. The number of morpholine rings is 1. The van der Waals surface area contributed by atoms with E-state index in [9.17, 15) is 4.79 Å². The molecule has 0 aromatic carbocycles. The second-order valence-electron chi connectivity index (χ2n) is 5.26. The van der Waals surface area contributed by atoms with E-state index in [-0.39, 0.29) is 12.0 Å². The van der Waals surface area contributed by atoms with Crippen LogP contribution in [0.2, 0.25) is 0 Å². The highest BCUT2D eigenvalue weighted by Crippen LogP contribution is 2.15. The van der Waals surface area contributed by atoms with E-state index in [0.29, 0.717) is 31.2 Å². The lowest BCUT2D eigenvalue weighted by Gasteiger charge is -2.32. The van der Waals surface area contributed by atoms with Crippen LogP contribution in [0.25, 0.3) is 0 Å². The molecular formula is C15H18N4O3. The molecule has 2 N–H and O–H groups in total. The van der Waals surface area contributed by atoms with Gasteiger partial charge in [0.25, 0.3) is 5.91 Å². The Morgan fingerprint density at radius 3 is 3.14 bits per heavy atom. The molecule has 0 aliphatic carbocycles. The van der Waals surface area contributed by atoms with Crippen molar-refractivity contribution < 1.29 is 14.1 Å². The second kappa shape index (κ2) is 6.57. The Hall–Kier alpha value is -2.41. The zero-order chi connectivity index (χ0) is 15.4. The molecule has 3 rings (SSSR count). The molecule has 116 valence electrons. The quantitative estimate of drug-likeness (QED) is 0.909. The summed E-state index contributed by atoms with van der Waals surface area (Å²) >= 11 is 0. The minimum Gasteiger partial charge on any atom is -0.384 e. The van der Waals surface area contributed by atoms with E-state index in [1.807, 2.05) is 12.1 Å². The van der Waals surface area contributed by atoms with Crippen molar-refractivity contribution >= 4 is 11.7 Å². The van der Waals surface area contributed by atoms with Crippen LogP contribution in [-0.2, 0) is 11.2 Å². The SMILES string of the molecule is Nc1cc(CC[C@H]2CN(C(=O)c3ccon3)CCO2)ccn1. The van der Waals surface area contributed by atoms with Gasteiger partial charge in [-0.15, -0.1) is 0 Å². The Morgan fingerprint density at radius 2 is 2.36 bits per heavy atom. The van der Waals surface area contributed by atoms with E-state index in [4.69, 9.17) is 15.0 Å². The van der Waals surface area contributed by atoms with Gasteiger partial charge >= 0.3 is 0 Å². The summed E-state index contributed by atoms with van der Waals surface area (Å²) in [5.74, 6) is 0.403. The van der Waals surface area contributed by atoms with E-state index in [2.05, 4.69) is 10.1 Å². The first-order valence-electron chi connectivity index (χ1n) is 7.24. The van der Waals surface area contributed by atoms with E-state index >= 15 is 0 Å². The molecule has 0 spiro atoms. The summed E-state index contributed by atoms with van der Waals surface area (Å²) in [6.07, 6.45) is 4.78. The Balaban J connectivity index is 1.55. The summed E-state index contributed by atoms with van der Waals surface area (Å²) in [5, 5.41) is 3.69.